The third-order valence-corrected chi connectivity index (χ3v) is 3.32. The maximum atomic E-state index is 11.8. The number of nitrogens with zero attached hydrogens (tertiary/aromatic N) is 3. The molecule has 0 saturated carbocycles. The molecule has 2 heterocycles. The van der Waals surface area contributed by atoms with Gasteiger partial charge in [-0.15, -0.1) is 0 Å². The van der Waals surface area contributed by atoms with Gasteiger partial charge in [0, 0.05) is 24.2 Å². The maximum absolute atomic E-state index is 11.8. The number of hydrogen-bond acceptors (Lipinski definition) is 5. The third-order valence-electron chi connectivity index (χ3n) is 3.32. The Bertz CT molecular complexity index is 887. The van der Waals surface area contributed by atoms with Gasteiger partial charge in [0.25, 0.3) is 0 Å². The molecule has 0 saturated heterocycles. The number of carbonyl (C=O) groups excluding carboxylic acids is 1. The number of aromatic nitrogens is 3. The molecule has 0 aliphatic rings. The highest BCUT2D eigenvalue weighted by atomic mass is 16.4. The first-order chi connectivity index (χ1) is 11.0. The topological polar surface area (TPSA) is 97.1 Å². The number of pyridine rings is 1. The van der Waals surface area contributed by atoms with Gasteiger partial charge >= 0.3 is 5.97 Å². The zero-order valence-electron chi connectivity index (χ0n) is 12.4. The first kappa shape index (κ1) is 14.7. The molecule has 7 heteroatoms. The standard InChI is InChI=1S/C16H14N4O3/c1-10(21)16-13-7-11(18-12-3-2-6-17-8-12)4-5-14(13)20(19-16)9-15(22)23/h2-8,18H,9H2,1H3,(H,22,23). The second kappa shape index (κ2) is 5.88. The van der Waals surface area contributed by atoms with Crippen LogP contribution in [0.15, 0.2) is 42.7 Å². The molecule has 0 unspecified atom stereocenters. The number of anilines is 2. The summed E-state index contributed by atoms with van der Waals surface area (Å²) in [5.41, 5.74) is 2.45. The van der Waals surface area contributed by atoms with Crippen LogP contribution in [-0.2, 0) is 11.3 Å². The van der Waals surface area contributed by atoms with Gasteiger partial charge < -0.3 is 10.4 Å². The molecule has 2 aromatic heterocycles. The lowest BCUT2D eigenvalue weighted by molar-refractivity contribution is -0.137. The molecule has 0 aliphatic carbocycles. The van der Waals surface area contributed by atoms with Crippen molar-refractivity contribution in [2.24, 2.45) is 0 Å². The molecule has 1 aromatic carbocycles. The monoisotopic (exact) mass is 310 g/mol. The van der Waals surface area contributed by atoms with E-state index in [0.29, 0.717) is 10.9 Å². The van der Waals surface area contributed by atoms with Gasteiger partial charge in [-0.05, 0) is 30.3 Å². The van der Waals surface area contributed by atoms with Crippen LogP contribution in [-0.4, -0.2) is 31.6 Å². The van der Waals surface area contributed by atoms with Crippen LogP contribution < -0.4 is 5.32 Å². The highest BCUT2D eigenvalue weighted by Gasteiger charge is 2.16. The molecule has 0 spiro atoms. The van der Waals surface area contributed by atoms with Crippen LogP contribution in [0.1, 0.15) is 17.4 Å². The van der Waals surface area contributed by atoms with Crippen molar-refractivity contribution in [3.8, 4) is 0 Å². The highest BCUT2D eigenvalue weighted by molar-refractivity contribution is 6.05. The van der Waals surface area contributed by atoms with Gasteiger partial charge in [-0.2, -0.15) is 5.10 Å². The summed E-state index contributed by atoms with van der Waals surface area (Å²) in [5.74, 6) is -1.22. The number of carbonyl (C=O) groups is 2. The molecule has 0 aliphatic heterocycles. The van der Waals surface area contributed by atoms with E-state index in [9.17, 15) is 9.59 Å². The molecule has 7 nitrogen and oxygen atoms in total. The van der Waals surface area contributed by atoms with E-state index in [2.05, 4.69) is 15.4 Å². The van der Waals surface area contributed by atoms with Crippen molar-refractivity contribution in [3.05, 3.63) is 48.4 Å². The van der Waals surface area contributed by atoms with E-state index >= 15 is 0 Å². The van der Waals surface area contributed by atoms with Gasteiger partial charge in [-0.1, -0.05) is 0 Å². The van der Waals surface area contributed by atoms with E-state index in [1.165, 1.54) is 11.6 Å². The van der Waals surface area contributed by atoms with Crippen molar-refractivity contribution in [1.29, 1.82) is 0 Å². The molecule has 0 amide bonds. The molecule has 23 heavy (non-hydrogen) atoms. The second-order valence-electron chi connectivity index (χ2n) is 5.05. The molecule has 0 bridgehead atoms. The predicted molar refractivity (Wildman–Crippen MR) is 84.9 cm³/mol. The number of aliphatic carboxylic acids is 1. The summed E-state index contributed by atoms with van der Waals surface area (Å²) in [6.45, 7) is 1.12. The summed E-state index contributed by atoms with van der Waals surface area (Å²) in [6.07, 6.45) is 3.36. The molecule has 2 N–H and O–H groups in total. The van der Waals surface area contributed by atoms with Crippen LogP contribution in [0, 0.1) is 0 Å². The van der Waals surface area contributed by atoms with E-state index in [4.69, 9.17) is 5.11 Å². The van der Waals surface area contributed by atoms with Crippen LogP contribution >= 0.6 is 0 Å². The van der Waals surface area contributed by atoms with Crippen LogP contribution in [0.3, 0.4) is 0 Å². The molecule has 3 rings (SSSR count). The Hall–Kier alpha value is -3.22. The second-order valence-corrected chi connectivity index (χ2v) is 5.05. The first-order valence-electron chi connectivity index (χ1n) is 6.95. The van der Waals surface area contributed by atoms with Crippen LogP contribution in [0.5, 0.6) is 0 Å². The summed E-state index contributed by atoms with van der Waals surface area (Å²) in [7, 11) is 0. The normalized spacial score (nSPS) is 10.7. The number of carboxylic acids is 1. The van der Waals surface area contributed by atoms with Crippen molar-refractivity contribution in [1.82, 2.24) is 14.8 Å². The lowest BCUT2D eigenvalue weighted by Gasteiger charge is -2.06. The molecular weight excluding hydrogens is 296 g/mol. The number of fused-ring (bicyclic) bond motifs is 1. The quantitative estimate of drug-likeness (QED) is 0.703. The largest absolute Gasteiger partial charge is 0.480 e. The van der Waals surface area contributed by atoms with Crippen LogP contribution in [0.25, 0.3) is 10.9 Å². The Kier molecular flexibility index (Phi) is 3.76. The number of benzene rings is 1. The number of Topliss-reactive ketones (excluding diaryl/α,β-unsaturated/α-hetero) is 1. The van der Waals surface area contributed by atoms with Gasteiger partial charge in [-0.25, -0.2) is 0 Å². The Morgan fingerprint density at radius 1 is 1.26 bits per heavy atom. The zero-order valence-corrected chi connectivity index (χ0v) is 12.4. The number of hydrogen-bond donors (Lipinski definition) is 2. The lowest BCUT2D eigenvalue weighted by Crippen LogP contribution is -2.10. The van der Waals surface area contributed by atoms with E-state index in [1.807, 2.05) is 12.1 Å². The number of nitrogens with one attached hydrogen (secondary N) is 1. The van der Waals surface area contributed by atoms with Crippen molar-refractivity contribution in [2.45, 2.75) is 13.5 Å². The van der Waals surface area contributed by atoms with Crippen molar-refractivity contribution < 1.29 is 14.7 Å². The highest BCUT2D eigenvalue weighted by Crippen LogP contribution is 2.25. The van der Waals surface area contributed by atoms with Crippen LogP contribution in [0.4, 0.5) is 11.4 Å². The van der Waals surface area contributed by atoms with Gasteiger partial charge in [0.2, 0.25) is 0 Å². The molecule has 3 aromatic rings. The summed E-state index contributed by atoms with van der Waals surface area (Å²) in [5, 5.41) is 16.9. The summed E-state index contributed by atoms with van der Waals surface area (Å²) in [4.78, 5) is 26.7. The average Bonchev–Trinajstić information content (AvgIpc) is 2.86. The number of rotatable bonds is 5. The summed E-state index contributed by atoms with van der Waals surface area (Å²) >= 11 is 0. The summed E-state index contributed by atoms with van der Waals surface area (Å²) in [6, 6.07) is 9.02. The number of ketones is 1. The Morgan fingerprint density at radius 2 is 2.09 bits per heavy atom. The van der Waals surface area contributed by atoms with Gasteiger partial charge in [0.1, 0.15) is 12.2 Å². The Balaban J connectivity index is 2.05. The van der Waals surface area contributed by atoms with E-state index in [0.717, 1.165) is 11.4 Å². The molecule has 116 valence electrons. The number of carboxylic acid groups (broad SMARTS) is 1. The molecule has 0 atom stereocenters. The fraction of sp³-hybridized carbons (Fsp3) is 0.125. The SMILES string of the molecule is CC(=O)c1nn(CC(=O)O)c2ccc(Nc3cccnc3)cc12. The molecule has 0 fully saturated rings. The van der Waals surface area contributed by atoms with Crippen molar-refractivity contribution in [3.63, 3.8) is 0 Å². The fourth-order valence-electron chi connectivity index (χ4n) is 2.37. The minimum atomic E-state index is -1.01. The summed E-state index contributed by atoms with van der Waals surface area (Å²) < 4.78 is 1.32. The third kappa shape index (κ3) is 3.03. The fourth-order valence-corrected chi connectivity index (χ4v) is 2.37. The average molecular weight is 310 g/mol. The van der Waals surface area contributed by atoms with E-state index < -0.39 is 5.97 Å². The van der Waals surface area contributed by atoms with Crippen molar-refractivity contribution in [2.75, 3.05) is 5.32 Å². The Morgan fingerprint density at radius 3 is 2.74 bits per heavy atom. The lowest BCUT2D eigenvalue weighted by atomic mass is 10.1. The predicted octanol–water partition coefficient (Wildman–Crippen LogP) is 2.46. The van der Waals surface area contributed by atoms with E-state index in [-0.39, 0.29) is 18.0 Å². The minimum Gasteiger partial charge on any atom is -0.480 e. The zero-order chi connectivity index (χ0) is 16.4. The van der Waals surface area contributed by atoms with E-state index in [1.54, 1.807) is 30.6 Å². The van der Waals surface area contributed by atoms with Gasteiger partial charge in [-0.3, -0.25) is 19.3 Å². The Labute approximate surface area is 131 Å². The van der Waals surface area contributed by atoms with Gasteiger partial charge in [0.15, 0.2) is 5.78 Å². The van der Waals surface area contributed by atoms with Crippen molar-refractivity contribution >= 4 is 34.0 Å². The van der Waals surface area contributed by atoms with Crippen LogP contribution in [0.2, 0.25) is 0 Å². The molecule has 0 radical (unpaired) electrons. The smallest absolute Gasteiger partial charge is 0.325 e. The first-order valence-corrected chi connectivity index (χ1v) is 6.95. The van der Waals surface area contributed by atoms with Gasteiger partial charge in [0.05, 0.1) is 17.4 Å². The minimum absolute atomic E-state index is 0.210. The maximum Gasteiger partial charge on any atom is 0.325 e. The molecular formula is C16H14N4O3.